The highest BCUT2D eigenvalue weighted by molar-refractivity contribution is 5.90. The van der Waals surface area contributed by atoms with Crippen LogP contribution in [0.15, 0.2) is 54.7 Å². The van der Waals surface area contributed by atoms with Crippen molar-refractivity contribution >= 4 is 29.4 Å². The van der Waals surface area contributed by atoms with Gasteiger partial charge in [0.05, 0.1) is 30.9 Å². The van der Waals surface area contributed by atoms with Gasteiger partial charge in [-0.2, -0.15) is 0 Å². The topological polar surface area (TPSA) is 102 Å². The number of benzene rings is 2. The number of rotatable bonds is 4. The average Bonchev–Trinajstić information content (AvgIpc) is 3.13. The van der Waals surface area contributed by atoms with Gasteiger partial charge in [-0.25, -0.2) is 4.79 Å². The molecule has 0 radical (unpaired) electrons. The summed E-state index contributed by atoms with van der Waals surface area (Å²) in [6.45, 7) is 0. The summed E-state index contributed by atoms with van der Waals surface area (Å²) in [7, 11) is 2.53. The van der Waals surface area contributed by atoms with Gasteiger partial charge in [-0.15, -0.1) is 0 Å². The molecule has 9 heteroatoms. The molecule has 9 nitrogen and oxygen atoms in total. The molecule has 30 heavy (non-hydrogen) atoms. The Morgan fingerprint density at radius 3 is 2.30 bits per heavy atom. The fourth-order valence-corrected chi connectivity index (χ4v) is 4.14. The third kappa shape index (κ3) is 2.95. The number of nitro groups is 1. The van der Waals surface area contributed by atoms with Gasteiger partial charge in [-0.1, -0.05) is 24.3 Å². The summed E-state index contributed by atoms with van der Waals surface area (Å²) in [5, 5.41) is 14.5. The molecule has 0 aromatic heterocycles. The van der Waals surface area contributed by atoms with Crippen molar-refractivity contribution in [2.24, 2.45) is 5.92 Å². The molecule has 0 saturated carbocycles. The van der Waals surface area contributed by atoms with E-state index in [-0.39, 0.29) is 5.69 Å². The smallest absolute Gasteiger partial charge is 0.331 e. The minimum atomic E-state index is -1.01. The second-order valence-electron chi connectivity index (χ2n) is 6.90. The molecular weight excluding hydrogens is 390 g/mol. The van der Waals surface area contributed by atoms with Crippen molar-refractivity contribution < 1.29 is 24.0 Å². The van der Waals surface area contributed by atoms with Crippen LogP contribution in [0.2, 0.25) is 0 Å². The highest BCUT2D eigenvalue weighted by Gasteiger charge is 2.56. The number of nitro benzene ring substituents is 1. The predicted molar refractivity (Wildman–Crippen MR) is 107 cm³/mol. The van der Waals surface area contributed by atoms with Crippen LogP contribution in [0, 0.1) is 16.0 Å². The minimum absolute atomic E-state index is 0.0758. The molecule has 2 aromatic carbocycles. The van der Waals surface area contributed by atoms with E-state index in [9.17, 15) is 19.7 Å². The molecule has 0 aliphatic carbocycles. The van der Waals surface area contributed by atoms with Gasteiger partial charge >= 0.3 is 11.9 Å². The van der Waals surface area contributed by atoms with E-state index in [1.54, 1.807) is 28.4 Å². The lowest BCUT2D eigenvalue weighted by molar-refractivity contribution is -0.384. The Morgan fingerprint density at radius 2 is 1.67 bits per heavy atom. The lowest BCUT2D eigenvalue weighted by atomic mass is 9.85. The number of esters is 2. The van der Waals surface area contributed by atoms with Crippen molar-refractivity contribution in [3.8, 4) is 0 Å². The predicted octanol–water partition coefficient (Wildman–Crippen LogP) is 2.69. The van der Waals surface area contributed by atoms with Gasteiger partial charge < -0.3 is 9.47 Å². The molecule has 1 fully saturated rings. The van der Waals surface area contributed by atoms with Crippen LogP contribution in [-0.4, -0.2) is 42.1 Å². The molecule has 2 aliphatic heterocycles. The van der Waals surface area contributed by atoms with E-state index < -0.39 is 34.9 Å². The van der Waals surface area contributed by atoms with E-state index in [0.29, 0.717) is 5.69 Å². The third-order valence-electron chi connectivity index (χ3n) is 5.44. The number of methoxy groups -OCH3 is 2. The molecule has 2 aromatic rings. The van der Waals surface area contributed by atoms with E-state index >= 15 is 0 Å². The minimum Gasteiger partial charge on any atom is -0.469 e. The fraction of sp³-hybridized carbons (Fsp3) is 0.238. The SMILES string of the molecule is COC(=O)[C@H]1[C@H]2c3ccccc3C=CN2N(c2ccc([N+](=O)[O-])cc2)[C@H]1C(=O)OC. The van der Waals surface area contributed by atoms with Crippen LogP contribution in [0.3, 0.4) is 0 Å². The maximum Gasteiger partial charge on any atom is 0.331 e. The molecule has 3 atom stereocenters. The number of hydrogen-bond donors (Lipinski definition) is 0. The number of non-ortho nitro benzene ring substituents is 1. The van der Waals surface area contributed by atoms with Gasteiger partial charge in [0.2, 0.25) is 0 Å². The number of ether oxygens (including phenoxy) is 2. The molecule has 0 unspecified atom stereocenters. The van der Waals surface area contributed by atoms with Gasteiger partial charge in [0.1, 0.15) is 5.92 Å². The number of nitrogens with zero attached hydrogens (tertiary/aromatic N) is 3. The van der Waals surface area contributed by atoms with E-state index in [2.05, 4.69) is 0 Å². The van der Waals surface area contributed by atoms with Gasteiger partial charge in [0, 0.05) is 18.3 Å². The van der Waals surface area contributed by atoms with Crippen molar-refractivity contribution in [1.82, 2.24) is 5.01 Å². The zero-order valence-electron chi connectivity index (χ0n) is 16.3. The quantitative estimate of drug-likeness (QED) is 0.431. The normalized spacial score (nSPS) is 21.6. The molecule has 1 saturated heterocycles. The molecule has 0 bridgehead atoms. The Balaban J connectivity index is 1.89. The van der Waals surface area contributed by atoms with Crippen LogP contribution in [0.25, 0.3) is 6.08 Å². The molecular formula is C21H19N3O6. The number of anilines is 1. The Bertz CT molecular complexity index is 1040. The van der Waals surface area contributed by atoms with Crippen molar-refractivity contribution in [2.45, 2.75) is 12.1 Å². The van der Waals surface area contributed by atoms with Crippen LogP contribution in [-0.2, 0) is 19.1 Å². The second kappa shape index (κ2) is 7.51. The van der Waals surface area contributed by atoms with Crippen molar-refractivity contribution in [2.75, 3.05) is 19.2 Å². The first-order valence-corrected chi connectivity index (χ1v) is 9.22. The molecule has 154 valence electrons. The van der Waals surface area contributed by atoms with Gasteiger partial charge in [-0.3, -0.25) is 24.9 Å². The second-order valence-corrected chi connectivity index (χ2v) is 6.90. The number of hydrogen-bond acceptors (Lipinski definition) is 8. The highest BCUT2D eigenvalue weighted by Crippen LogP contribution is 2.48. The lowest BCUT2D eigenvalue weighted by Gasteiger charge is -2.36. The molecule has 0 spiro atoms. The van der Waals surface area contributed by atoms with Crippen LogP contribution in [0.4, 0.5) is 11.4 Å². The monoisotopic (exact) mass is 409 g/mol. The van der Waals surface area contributed by atoms with Gasteiger partial charge in [-0.05, 0) is 29.3 Å². The first-order valence-electron chi connectivity index (χ1n) is 9.22. The maximum atomic E-state index is 12.8. The zero-order valence-corrected chi connectivity index (χ0v) is 16.3. The lowest BCUT2D eigenvalue weighted by Crippen LogP contribution is -2.46. The summed E-state index contributed by atoms with van der Waals surface area (Å²) in [5.41, 5.74) is 2.24. The molecule has 4 rings (SSSR count). The Kier molecular flexibility index (Phi) is 4.86. The summed E-state index contributed by atoms with van der Waals surface area (Å²) < 4.78 is 10.1. The van der Waals surface area contributed by atoms with E-state index in [1.165, 1.54) is 26.4 Å². The van der Waals surface area contributed by atoms with Crippen LogP contribution in [0.1, 0.15) is 17.2 Å². The first kappa shape index (κ1) is 19.4. The number of carbonyl (C=O) groups is 2. The van der Waals surface area contributed by atoms with Crippen molar-refractivity contribution in [3.63, 3.8) is 0 Å². The van der Waals surface area contributed by atoms with Gasteiger partial charge in [0.25, 0.3) is 5.69 Å². The number of fused-ring (bicyclic) bond motifs is 3. The number of carbonyl (C=O) groups excluding carboxylic acids is 2. The van der Waals surface area contributed by atoms with Crippen LogP contribution >= 0.6 is 0 Å². The third-order valence-corrected chi connectivity index (χ3v) is 5.44. The van der Waals surface area contributed by atoms with Crippen LogP contribution in [0.5, 0.6) is 0 Å². The van der Waals surface area contributed by atoms with Crippen LogP contribution < -0.4 is 5.01 Å². The summed E-state index contributed by atoms with van der Waals surface area (Å²) in [6, 6.07) is 11.9. The zero-order chi connectivity index (χ0) is 21.4. The van der Waals surface area contributed by atoms with Crippen molar-refractivity contribution in [1.29, 1.82) is 0 Å². The van der Waals surface area contributed by atoms with Crippen molar-refractivity contribution in [3.05, 3.63) is 76.0 Å². The number of hydrazine groups is 1. The maximum absolute atomic E-state index is 12.8. The fourth-order valence-electron chi connectivity index (χ4n) is 4.14. The Morgan fingerprint density at radius 1 is 1.00 bits per heavy atom. The summed E-state index contributed by atoms with van der Waals surface area (Å²) in [6.07, 6.45) is 3.67. The molecule has 2 heterocycles. The molecule has 0 amide bonds. The molecule has 0 N–H and O–H groups in total. The Hall–Kier alpha value is -3.88. The average molecular weight is 409 g/mol. The van der Waals surface area contributed by atoms with E-state index in [4.69, 9.17) is 9.47 Å². The van der Waals surface area contributed by atoms with Gasteiger partial charge in [0.15, 0.2) is 6.04 Å². The standard InChI is InChI=1S/C21H19N3O6/c1-29-20(25)17-18-16-6-4-3-5-13(16)11-12-22(18)23(19(17)21(26)30-2)14-7-9-15(10-8-14)24(27)28/h3-12,17-19H,1-2H3/t17-,18+,19+/m0/s1. The molecule has 2 aliphatic rings. The van der Waals surface area contributed by atoms with E-state index in [0.717, 1.165) is 11.1 Å². The first-order chi connectivity index (χ1) is 14.5. The summed E-state index contributed by atoms with van der Waals surface area (Å²) in [5.74, 6) is -2.03. The summed E-state index contributed by atoms with van der Waals surface area (Å²) >= 11 is 0. The van der Waals surface area contributed by atoms with E-state index in [1.807, 2.05) is 30.3 Å². The largest absolute Gasteiger partial charge is 0.469 e. The Labute approximate surface area is 172 Å². The summed E-state index contributed by atoms with van der Waals surface area (Å²) in [4.78, 5) is 36.2. The highest BCUT2D eigenvalue weighted by atomic mass is 16.6.